The topological polar surface area (TPSA) is 76.5 Å². The zero-order valence-electron chi connectivity index (χ0n) is 17.1. The van der Waals surface area contributed by atoms with E-state index in [0.29, 0.717) is 30.9 Å². The van der Waals surface area contributed by atoms with E-state index in [-0.39, 0.29) is 17.6 Å². The third-order valence-electron chi connectivity index (χ3n) is 6.12. The Morgan fingerprint density at radius 3 is 2.79 bits per heavy atom. The number of aromatic nitrogens is 2. The van der Waals surface area contributed by atoms with Gasteiger partial charge < -0.3 is 10.1 Å². The molecule has 2 aliphatic heterocycles. The minimum atomic E-state index is 0.0454. The number of nitrogens with one attached hydrogen (secondary N) is 1. The van der Waals surface area contributed by atoms with Crippen LogP contribution < -0.4 is 10.9 Å². The van der Waals surface area contributed by atoms with Crippen molar-refractivity contribution in [3.8, 4) is 0 Å². The van der Waals surface area contributed by atoms with Crippen LogP contribution in [0.2, 0.25) is 0 Å². The monoisotopic (exact) mass is 398 g/mol. The van der Waals surface area contributed by atoms with Crippen LogP contribution in [0.15, 0.2) is 29.1 Å². The van der Waals surface area contributed by atoms with Gasteiger partial charge in [-0.25, -0.2) is 4.98 Å². The summed E-state index contributed by atoms with van der Waals surface area (Å²) in [6.07, 6.45) is 4.27. The number of aryl methyl sites for hydroxylation is 1. The van der Waals surface area contributed by atoms with Crippen molar-refractivity contribution >= 4 is 16.8 Å². The predicted molar refractivity (Wildman–Crippen MR) is 112 cm³/mol. The lowest BCUT2D eigenvalue weighted by atomic mass is 9.96. The SMILES string of the molecule is Cc1nc2ccccc2c(=O)n1CC1CCN(CC(=O)NCC2CCCO2)CC1. The van der Waals surface area contributed by atoms with Gasteiger partial charge in [-0.1, -0.05) is 12.1 Å². The maximum atomic E-state index is 12.9. The van der Waals surface area contributed by atoms with Crippen molar-refractivity contribution in [3.63, 3.8) is 0 Å². The molecule has 2 aromatic rings. The quantitative estimate of drug-likeness (QED) is 0.802. The van der Waals surface area contributed by atoms with Gasteiger partial charge in [0, 0.05) is 19.7 Å². The van der Waals surface area contributed by atoms with E-state index in [2.05, 4.69) is 15.2 Å². The number of benzene rings is 1. The molecule has 1 amide bonds. The van der Waals surface area contributed by atoms with E-state index in [1.54, 1.807) is 0 Å². The molecular weight excluding hydrogens is 368 g/mol. The van der Waals surface area contributed by atoms with E-state index < -0.39 is 0 Å². The molecule has 7 nitrogen and oxygen atoms in total. The van der Waals surface area contributed by atoms with Crippen molar-refractivity contribution in [3.05, 3.63) is 40.4 Å². The fourth-order valence-electron chi connectivity index (χ4n) is 4.37. The summed E-state index contributed by atoms with van der Waals surface area (Å²) in [7, 11) is 0. The maximum Gasteiger partial charge on any atom is 0.261 e. The standard InChI is InChI=1S/C22H30N4O3/c1-16-24-20-7-3-2-6-19(20)22(28)26(16)14-17-8-10-25(11-9-17)15-21(27)23-13-18-5-4-12-29-18/h2-3,6-7,17-18H,4-5,8-15H2,1H3,(H,23,27). The smallest absolute Gasteiger partial charge is 0.261 e. The normalized spacial score (nSPS) is 20.9. The van der Waals surface area contributed by atoms with Gasteiger partial charge in [-0.15, -0.1) is 0 Å². The van der Waals surface area contributed by atoms with Crippen molar-refractivity contribution in [2.45, 2.75) is 45.3 Å². The first-order chi connectivity index (χ1) is 14.1. The lowest BCUT2D eigenvalue weighted by molar-refractivity contribution is -0.123. The number of carbonyl (C=O) groups excluding carboxylic acids is 1. The largest absolute Gasteiger partial charge is 0.376 e. The lowest BCUT2D eigenvalue weighted by Crippen LogP contribution is -2.44. The Morgan fingerprint density at radius 1 is 1.24 bits per heavy atom. The molecule has 0 aliphatic carbocycles. The Bertz CT molecular complexity index is 912. The van der Waals surface area contributed by atoms with Crippen LogP contribution in [0, 0.1) is 12.8 Å². The number of carbonyl (C=O) groups is 1. The first kappa shape index (κ1) is 20.0. The first-order valence-corrected chi connectivity index (χ1v) is 10.7. The van der Waals surface area contributed by atoms with E-state index in [9.17, 15) is 9.59 Å². The molecule has 0 saturated carbocycles. The fourth-order valence-corrected chi connectivity index (χ4v) is 4.37. The Labute approximate surface area is 171 Å². The third-order valence-corrected chi connectivity index (χ3v) is 6.12. The van der Waals surface area contributed by atoms with Crippen LogP contribution in [-0.4, -0.2) is 59.2 Å². The number of hydrogen-bond acceptors (Lipinski definition) is 5. The Morgan fingerprint density at radius 2 is 2.03 bits per heavy atom. The van der Waals surface area contributed by atoms with Gasteiger partial charge in [-0.2, -0.15) is 0 Å². The highest BCUT2D eigenvalue weighted by atomic mass is 16.5. The number of hydrogen-bond donors (Lipinski definition) is 1. The molecular formula is C22H30N4O3. The van der Waals surface area contributed by atoms with Gasteiger partial charge in [-0.3, -0.25) is 19.1 Å². The molecule has 2 saturated heterocycles. The van der Waals surface area contributed by atoms with Crippen LogP contribution in [-0.2, 0) is 16.1 Å². The van der Waals surface area contributed by atoms with Crippen LogP contribution in [0.1, 0.15) is 31.5 Å². The summed E-state index contributed by atoms with van der Waals surface area (Å²) in [5, 5.41) is 3.67. The highest BCUT2D eigenvalue weighted by Crippen LogP contribution is 2.19. The summed E-state index contributed by atoms with van der Waals surface area (Å²) < 4.78 is 7.37. The molecule has 156 valence electrons. The van der Waals surface area contributed by atoms with Gasteiger partial charge in [-0.05, 0) is 63.7 Å². The number of fused-ring (bicyclic) bond motifs is 1. The summed E-state index contributed by atoms with van der Waals surface area (Å²) in [5.41, 5.74) is 0.805. The molecule has 7 heteroatoms. The average Bonchev–Trinajstić information content (AvgIpc) is 3.24. The average molecular weight is 399 g/mol. The van der Waals surface area contributed by atoms with Gasteiger partial charge in [0.25, 0.3) is 5.56 Å². The molecule has 1 N–H and O–H groups in total. The van der Waals surface area contributed by atoms with Crippen LogP contribution in [0.3, 0.4) is 0 Å². The Kier molecular flexibility index (Phi) is 6.25. The summed E-state index contributed by atoms with van der Waals surface area (Å²) in [6, 6.07) is 7.52. The zero-order valence-corrected chi connectivity index (χ0v) is 17.1. The van der Waals surface area contributed by atoms with Gasteiger partial charge >= 0.3 is 0 Å². The third kappa shape index (κ3) is 4.85. The number of amides is 1. The summed E-state index contributed by atoms with van der Waals surface area (Å²) >= 11 is 0. The molecule has 1 atom stereocenters. The second-order valence-electron chi connectivity index (χ2n) is 8.25. The van der Waals surface area contributed by atoms with Crippen molar-refractivity contribution in [1.29, 1.82) is 0 Å². The minimum Gasteiger partial charge on any atom is -0.376 e. The first-order valence-electron chi connectivity index (χ1n) is 10.7. The highest BCUT2D eigenvalue weighted by molar-refractivity contribution is 5.78. The van der Waals surface area contributed by atoms with E-state index >= 15 is 0 Å². The summed E-state index contributed by atoms with van der Waals surface area (Å²) in [4.78, 5) is 31.9. The molecule has 0 bridgehead atoms. The zero-order chi connectivity index (χ0) is 20.2. The van der Waals surface area contributed by atoms with E-state index in [0.717, 1.165) is 56.7 Å². The Hall–Kier alpha value is -2.25. The second-order valence-corrected chi connectivity index (χ2v) is 8.25. The van der Waals surface area contributed by atoms with Crippen molar-refractivity contribution in [2.75, 3.05) is 32.8 Å². The fraction of sp³-hybridized carbons (Fsp3) is 0.591. The van der Waals surface area contributed by atoms with Crippen LogP contribution in [0.25, 0.3) is 10.9 Å². The molecule has 2 aliphatic rings. The van der Waals surface area contributed by atoms with Crippen LogP contribution >= 0.6 is 0 Å². The predicted octanol–water partition coefficient (Wildman–Crippen LogP) is 1.71. The molecule has 2 fully saturated rings. The van der Waals surface area contributed by atoms with Gasteiger partial charge in [0.15, 0.2) is 0 Å². The van der Waals surface area contributed by atoms with Gasteiger partial charge in [0.2, 0.25) is 5.91 Å². The van der Waals surface area contributed by atoms with Crippen molar-refractivity contribution in [2.24, 2.45) is 5.92 Å². The van der Waals surface area contributed by atoms with Gasteiger partial charge in [0.05, 0.1) is 23.6 Å². The van der Waals surface area contributed by atoms with Crippen molar-refractivity contribution < 1.29 is 9.53 Å². The molecule has 1 unspecified atom stereocenters. The number of para-hydroxylation sites is 1. The summed E-state index contributed by atoms with van der Waals surface area (Å²) in [5.74, 6) is 1.27. The molecule has 29 heavy (non-hydrogen) atoms. The van der Waals surface area contributed by atoms with Crippen LogP contribution in [0.4, 0.5) is 0 Å². The number of piperidine rings is 1. The van der Waals surface area contributed by atoms with E-state index in [4.69, 9.17) is 4.74 Å². The second kappa shape index (κ2) is 9.05. The van der Waals surface area contributed by atoms with Crippen LogP contribution in [0.5, 0.6) is 0 Å². The lowest BCUT2D eigenvalue weighted by Gasteiger charge is -2.32. The van der Waals surface area contributed by atoms with E-state index in [1.165, 1.54) is 0 Å². The number of ether oxygens (including phenoxy) is 1. The molecule has 1 aromatic heterocycles. The number of nitrogens with zero attached hydrogens (tertiary/aromatic N) is 3. The number of likely N-dealkylation sites (tertiary alicyclic amines) is 1. The van der Waals surface area contributed by atoms with E-state index in [1.807, 2.05) is 35.8 Å². The molecule has 4 rings (SSSR count). The molecule has 0 radical (unpaired) electrons. The molecule has 0 spiro atoms. The Balaban J connectivity index is 1.28. The minimum absolute atomic E-state index is 0.0454. The highest BCUT2D eigenvalue weighted by Gasteiger charge is 2.23. The van der Waals surface area contributed by atoms with Gasteiger partial charge in [0.1, 0.15) is 5.82 Å². The van der Waals surface area contributed by atoms with Crippen molar-refractivity contribution in [1.82, 2.24) is 19.8 Å². The molecule has 1 aromatic carbocycles. The number of rotatable bonds is 6. The summed E-state index contributed by atoms with van der Waals surface area (Å²) in [6.45, 7) is 6.23. The molecule has 3 heterocycles. The maximum absolute atomic E-state index is 12.9.